The third-order valence-corrected chi connectivity index (χ3v) is 5.57. The normalized spacial score (nSPS) is 11.8. The summed E-state index contributed by atoms with van der Waals surface area (Å²) in [4.78, 5) is 18.3. The molecule has 31 heavy (non-hydrogen) atoms. The average Bonchev–Trinajstić information content (AvgIpc) is 3.09. The monoisotopic (exact) mass is 448 g/mol. The first-order valence-electron chi connectivity index (χ1n) is 9.18. The third-order valence-electron chi connectivity index (χ3n) is 4.67. The lowest BCUT2D eigenvalue weighted by atomic mass is 10.1. The van der Waals surface area contributed by atoms with Gasteiger partial charge in [-0.25, -0.2) is 9.78 Å². The zero-order valence-corrected chi connectivity index (χ0v) is 17.3. The molecule has 3 heterocycles. The highest BCUT2D eigenvalue weighted by Crippen LogP contribution is 2.30. The number of aromatic nitrogens is 3. The molecule has 6 nitrogen and oxygen atoms in total. The smallest absolute Gasteiger partial charge is 0.477 e. The van der Waals surface area contributed by atoms with E-state index in [-0.39, 0.29) is 23.6 Å². The van der Waals surface area contributed by atoms with Gasteiger partial charge in [-0.2, -0.15) is 8.97 Å². The molecule has 10 heteroatoms. The van der Waals surface area contributed by atoms with Gasteiger partial charge in [-0.3, -0.25) is 0 Å². The molecule has 1 aromatic carbocycles. The number of alkyl halides is 3. The Morgan fingerprint density at radius 2 is 2.00 bits per heavy atom. The highest BCUT2D eigenvalue weighted by atomic mass is 32.1. The van der Waals surface area contributed by atoms with Crippen molar-refractivity contribution < 1.29 is 27.6 Å². The van der Waals surface area contributed by atoms with E-state index in [4.69, 9.17) is 0 Å². The van der Waals surface area contributed by atoms with Gasteiger partial charge in [0.15, 0.2) is 5.56 Å². The predicted octanol–water partition coefficient (Wildman–Crippen LogP) is 3.98. The highest BCUT2D eigenvalue weighted by Gasteiger charge is 2.32. The maximum Gasteiger partial charge on any atom is 0.573 e. The fourth-order valence-electron chi connectivity index (χ4n) is 3.45. The summed E-state index contributed by atoms with van der Waals surface area (Å²) in [5, 5.41) is 12.0. The molecule has 0 aliphatic rings. The lowest BCUT2D eigenvalue weighted by molar-refractivity contribution is -0.671. The van der Waals surface area contributed by atoms with Gasteiger partial charge in [0.25, 0.3) is 11.5 Å². The van der Waals surface area contributed by atoms with Crippen molar-refractivity contribution in [1.29, 1.82) is 0 Å². The van der Waals surface area contributed by atoms with Crippen LogP contribution in [0.15, 0.2) is 53.6 Å². The summed E-state index contributed by atoms with van der Waals surface area (Å²) in [5.74, 6) is -0.836. The minimum atomic E-state index is -4.87. The van der Waals surface area contributed by atoms with Crippen LogP contribution in [-0.4, -0.2) is 20.9 Å². The van der Waals surface area contributed by atoms with Gasteiger partial charge >= 0.3 is 11.9 Å². The topological polar surface area (TPSA) is 67.7 Å². The second-order valence-electron chi connectivity index (χ2n) is 6.90. The summed E-state index contributed by atoms with van der Waals surface area (Å²) in [6, 6.07) is 8.48. The van der Waals surface area contributed by atoms with E-state index in [9.17, 15) is 23.1 Å². The van der Waals surface area contributed by atoms with Gasteiger partial charge in [0.1, 0.15) is 12.3 Å². The number of aromatic hydroxyl groups is 1. The Morgan fingerprint density at radius 3 is 2.68 bits per heavy atom. The van der Waals surface area contributed by atoms with Crippen LogP contribution in [0.3, 0.4) is 0 Å². The molecule has 1 N–H and O–H groups in total. The van der Waals surface area contributed by atoms with Crippen LogP contribution in [-0.2, 0) is 6.54 Å². The number of aryl methyl sites for hydroxylation is 2. The largest absolute Gasteiger partial charge is 0.573 e. The number of halogens is 3. The van der Waals surface area contributed by atoms with E-state index in [1.165, 1.54) is 27.9 Å². The second kappa shape index (κ2) is 7.69. The van der Waals surface area contributed by atoms with Crippen LogP contribution in [0.1, 0.15) is 15.4 Å². The standard InChI is InChI=1S/C21H16F3N3O3S/c1-12-5-4-8-26-18(12)27(11-16-10-25-13(2)31-16)20(29)17(19(26)28)14-6-3-7-15(9-14)30-21(22,23)24/h3-10H,11H2,1-2H3/p+1. The number of thiazole rings is 1. The lowest BCUT2D eigenvalue weighted by Gasteiger charge is -2.12. The number of nitrogens with zero attached hydrogens (tertiary/aromatic N) is 3. The van der Waals surface area contributed by atoms with E-state index in [1.807, 2.05) is 6.92 Å². The van der Waals surface area contributed by atoms with Crippen LogP contribution in [0.5, 0.6) is 11.6 Å². The summed E-state index contributed by atoms with van der Waals surface area (Å²) >= 11 is 1.44. The molecular weight excluding hydrogens is 431 g/mol. The van der Waals surface area contributed by atoms with Crippen molar-refractivity contribution in [2.75, 3.05) is 0 Å². The SMILES string of the molecule is Cc1ncc(C[n+]2c(O)c(-c3cccc(OC(F)(F)F)c3)c(=O)n3cccc(C)c32)s1. The number of hydrogen-bond donors (Lipinski definition) is 1. The molecule has 0 saturated heterocycles. The number of ether oxygens (including phenoxy) is 1. The summed E-state index contributed by atoms with van der Waals surface area (Å²) < 4.78 is 44.8. The molecule has 0 aliphatic carbocycles. The van der Waals surface area contributed by atoms with E-state index < -0.39 is 17.7 Å². The van der Waals surface area contributed by atoms with Gasteiger partial charge in [0.2, 0.25) is 0 Å². The molecular formula is C21H17F3N3O3S+. The van der Waals surface area contributed by atoms with Crippen molar-refractivity contribution in [3.63, 3.8) is 0 Å². The van der Waals surface area contributed by atoms with E-state index in [0.29, 0.717) is 5.65 Å². The molecule has 3 aromatic heterocycles. The fraction of sp³-hybridized carbons (Fsp3) is 0.190. The minimum absolute atomic E-state index is 0.106. The predicted molar refractivity (Wildman–Crippen MR) is 108 cm³/mol. The van der Waals surface area contributed by atoms with Crippen molar-refractivity contribution in [3.8, 4) is 22.8 Å². The number of hydrogen-bond acceptors (Lipinski definition) is 5. The van der Waals surface area contributed by atoms with E-state index in [1.54, 1.807) is 36.0 Å². The van der Waals surface area contributed by atoms with Crippen LogP contribution in [0.4, 0.5) is 13.2 Å². The molecule has 4 rings (SSSR count). The molecule has 160 valence electrons. The van der Waals surface area contributed by atoms with Gasteiger partial charge < -0.3 is 9.84 Å². The lowest BCUT2D eigenvalue weighted by Crippen LogP contribution is -2.41. The maximum absolute atomic E-state index is 13.2. The molecule has 0 atom stereocenters. The molecule has 0 unspecified atom stereocenters. The van der Waals surface area contributed by atoms with Crippen LogP contribution in [0.2, 0.25) is 0 Å². The number of fused-ring (bicyclic) bond motifs is 1. The molecule has 0 aliphatic heterocycles. The molecule has 0 fully saturated rings. The Morgan fingerprint density at radius 1 is 1.23 bits per heavy atom. The Balaban J connectivity index is 1.97. The van der Waals surface area contributed by atoms with Crippen molar-refractivity contribution in [2.24, 2.45) is 0 Å². The summed E-state index contributed by atoms with van der Waals surface area (Å²) in [6.07, 6.45) is -1.64. The van der Waals surface area contributed by atoms with Gasteiger partial charge in [-0.1, -0.05) is 12.1 Å². The third kappa shape index (κ3) is 4.11. The zero-order chi connectivity index (χ0) is 22.3. The Labute approximate surface area is 178 Å². The zero-order valence-electron chi connectivity index (χ0n) is 16.5. The van der Waals surface area contributed by atoms with Crippen molar-refractivity contribution in [3.05, 3.63) is 74.6 Å². The van der Waals surface area contributed by atoms with Crippen LogP contribution < -0.4 is 14.9 Å². The first-order chi connectivity index (χ1) is 14.6. The Kier molecular flexibility index (Phi) is 5.18. The van der Waals surface area contributed by atoms with E-state index in [0.717, 1.165) is 27.6 Å². The second-order valence-corrected chi connectivity index (χ2v) is 8.22. The summed E-state index contributed by atoms with van der Waals surface area (Å²) in [6.45, 7) is 3.90. The molecule has 4 aromatic rings. The maximum atomic E-state index is 13.2. The first-order valence-corrected chi connectivity index (χ1v) is 10.00. The van der Waals surface area contributed by atoms with Crippen molar-refractivity contribution in [1.82, 2.24) is 9.38 Å². The molecule has 0 spiro atoms. The van der Waals surface area contributed by atoms with Crippen LogP contribution in [0.25, 0.3) is 16.8 Å². The highest BCUT2D eigenvalue weighted by molar-refractivity contribution is 7.11. The van der Waals surface area contributed by atoms with Gasteiger partial charge in [0, 0.05) is 17.3 Å². The van der Waals surface area contributed by atoms with Crippen LogP contribution in [0, 0.1) is 13.8 Å². The van der Waals surface area contributed by atoms with Gasteiger partial charge in [-0.15, -0.1) is 24.5 Å². The molecule has 0 saturated carbocycles. The Hall–Kier alpha value is -3.40. The quantitative estimate of drug-likeness (QED) is 0.480. The number of pyridine rings is 1. The van der Waals surface area contributed by atoms with Crippen LogP contribution >= 0.6 is 11.3 Å². The van der Waals surface area contributed by atoms with Crippen molar-refractivity contribution >= 4 is 17.0 Å². The Bertz CT molecular complexity index is 1350. The number of rotatable bonds is 4. The molecule has 0 radical (unpaired) electrons. The summed E-state index contributed by atoms with van der Waals surface area (Å²) in [7, 11) is 0. The minimum Gasteiger partial charge on any atom is -0.477 e. The van der Waals surface area contributed by atoms with Gasteiger partial charge in [0.05, 0.1) is 16.1 Å². The molecule has 0 bridgehead atoms. The van der Waals surface area contributed by atoms with Gasteiger partial charge in [-0.05, 0) is 38.1 Å². The van der Waals surface area contributed by atoms with Crippen molar-refractivity contribution in [2.45, 2.75) is 26.8 Å². The average molecular weight is 448 g/mol. The molecule has 0 amide bonds. The first kappa shape index (κ1) is 20.9. The fourth-order valence-corrected chi connectivity index (χ4v) is 4.24. The van der Waals surface area contributed by atoms with E-state index in [2.05, 4.69) is 9.72 Å². The van der Waals surface area contributed by atoms with E-state index >= 15 is 0 Å². The number of benzene rings is 1. The summed E-state index contributed by atoms with van der Waals surface area (Å²) in [5.41, 5.74) is 0.641.